The second-order valence-corrected chi connectivity index (χ2v) is 9.60. The number of anilines is 2. The number of hydrogen-bond donors (Lipinski definition) is 2. The molecule has 0 spiro atoms. The molecule has 0 aliphatic carbocycles. The van der Waals surface area contributed by atoms with Crippen LogP contribution in [-0.2, 0) is 0 Å². The summed E-state index contributed by atoms with van der Waals surface area (Å²) in [5.41, 5.74) is 10.0. The lowest BCUT2D eigenvalue weighted by Gasteiger charge is -2.34. The van der Waals surface area contributed by atoms with Crippen molar-refractivity contribution in [1.82, 2.24) is 10.3 Å². The van der Waals surface area contributed by atoms with Gasteiger partial charge >= 0.3 is 0 Å². The van der Waals surface area contributed by atoms with Gasteiger partial charge in [-0.25, -0.2) is 4.98 Å². The van der Waals surface area contributed by atoms with E-state index in [2.05, 4.69) is 40.3 Å². The molecule has 0 unspecified atom stereocenters. The van der Waals surface area contributed by atoms with Gasteiger partial charge in [-0.05, 0) is 49.9 Å². The Balaban J connectivity index is 1.34. The third-order valence-corrected chi connectivity index (χ3v) is 7.60. The van der Waals surface area contributed by atoms with E-state index in [1.54, 1.807) is 0 Å². The Hall–Kier alpha value is -2.80. The molecule has 6 nitrogen and oxygen atoms in total. The predicted molar refractivity (Wildman–Crippen MR) is 126 cm³/mol. The van der Waals surface area contributed by atoms with Gasteiger partial charge in [-0.3, -0.25) is 4.79 Å². The van der Waals surface area contributed by atoms with Gasteiger partial charge in [-0.1, -0.05) is 13.0 Å². The SMILES string of the molecule is Cc1ccc2c(N)c(C(=O)N[C@H]3COc4cc(N5CCCCC5)ccc4[C@@H]3C)sc2n1. The fourth-order valence-electron chi connectivity index (χ4n) is 4.57. The van der Waals surface area contributed by atoms with Gasteiger partial charge in [-0.2, -0.15) is 0 Å². The number of nitrogens with two attached hydrogens (primary N) is 1. The second kappa shape index (κ2) is 8.04. The molecule has 5 rings (SSSR count). The average Bonchev–Trinajstić information content (AvgIpc) is 3.11. The molecule has 1 fully saturated rings. The van der Waals surface area contributed by atoms with E-state index in [-0.39, 0.29) is 17.9 Å². The zero-order valence-corrected chi connectivity index (χ0v) is 18.8. The molecular weight excluding hydrogens is 408 g/mol. The van der Waals surface area contributed by atoms with Gasteiger partial charge in [0, 0.05) is 41.8 Å². The highest BCUT2D eigenvalue weighted by atomic mass is 32.1. The van der Waals surface area contributed by atoms with Crippen LogP contribution in [0.1, 0.15) is 53.0 Å². The van der Waals surface area contributed by atoms with Crippen LogP contribution in [0, 0.1) is 6.92 Å². The molecule has 4 heterocycles. The number of carbonyl (C=O) groups is 1. The lowest BCUT2D eigenvalue weighted by atomic mass is 9.90. The van der Waals surface area contributed by atoms with Gasteiger partial charge in [-0.15, -0.1) is 11.3 Å². The summed E-state index contributed by atoms with van der Waals surface area (Å²) in [4.78, 5) is 21.3. The molecule has 1 saturated heterocycles. The minimum absolute atomic E-state index is 0.111. The van der Waals surface area contributed by atoms with Gasteiger partial charge < -0.3 is 20.7 Å². The monoisotopic (exact) mass is 436 g/mol. The summed E-state index contributed by atoms with van der Waals surface area (Å²) in [5, 5.41) is 3.99. The zero-order chi connectivity index (χ0) is 21.5. The number of benzene rings is 1. The third-order valence-electron chi connectivity index (χ3n) is 6.49. The predicted octanol–water partition coefficient (Wildman–Crippen LogP) is 4.47. The quantitative estimate of drug-likeness (QED) is 0.633. The van der Waals surface area contributed by atoms with Gasteiger partial charge in [0.1, 0.15) is 22.1 Å². The number of hydrogen-bond acceptors (Lipinski definition) is 6. The molecule has 1 amide bonds. The number of piperidine rings is 1. The van der Waals surface area contributed by atoms with Crippen LogP contribution in [0.4, 0.5) is 11.4 Å². The molecule has 2 aromatic heterocycles. The van der Waals surface area contributed by atoms with E-state index in [0.717, 1.165) is 40.3 Å². The summed E-state index contributed by atoms with van der Waals surface area (Å²) in [6.07, 6.45) is 3.81. The molecule has 7 heteroatoms. The highest BCUT2D eigenvalue weighted by Crippen LogP contribution is 2.38. The Morgan fingerprint density at radius 3 is 2.84 bits per heavy atom. The zero-order valence-electron chi connectivity index (χ0n) is 18.0. The van der Waals surface area contributed by atoms with Crippen molar-refractivity contribution in [2.24, 2.45) is 0 Å². The van der Waals surface area contributed by atoms with Gasteiger partial charge in [0.25, 0.3) is 5.91 Å². The Morgan fingerprint density at radius 2 is 2.03 bits per heavy atom. The van der Waals surface area contributed by atoms with Crippen LogP contribution in [0.25, 0.3) is 10.2 Å². The Labute approximate surface area is 186 Å². The molecular formula is C24H28N4O2S. The van der Waals surface area contributed by atoms with Crippen molar-refractivity contribution >= 4 is 38.8 Å². The van der Waals surface area contributed by atoms with Crippen LogP contribution in [0.2, 0.25) is 0 Å². The number of nitrogens with zero attached hydrogens (tertiary/aromatic N) is 2. The van der Waals surface area contributed by atoms with Crippen LogP contribution < -0.4 is 20.7 Å². The lowest BCUT2D eigenvalue weighted by Crippen LogP contribution is -2.44. The Morgan fingerprint density at radius 1 is 1.23 bits per heavy atom. The molecule has 1 aromatic carbocycles. The number of carbonyl (C=O) groups excluding carboxylic acids is 1. The highest BCUT2D eigenvalue weighted by molar-refractivity contribution is 7.21. The van der Waals surface area contributed by atoms with Crippen LogP contribution in [0.3, 0.4) is 0 Å². The number of nitrogens with one attached hydrogen (secondary N) is 1. The molecule has 162 valence electrons. The number of rotatable bonds is 3. The van der Waals surface area contributed by atoms with E-state index in [0.29, 0.717) is 17.2 Å². The lowest BCUT2D eigenvalue weighted by molar-refractivity contribution is 0.0909. The maximum atomic E-state index is 13.0. The van der Waals surface area contributed by atoms with Crippen molar-refractivity contribution in [2.45, 2.75) is 45.1 Å². The second-order valence-electron chi connectivity index (χ2n) is 8.60. The fraction of sp³-hybridized carbons (Fsp3) is 0.417. The van der Waals surface area contributed by atoms with Crippen LogP contribution in [0.15, 0.2) is 30.3 Å². The van der Waals surface area contributed by atoms with Crippen LogP contribution >= 0.6 is 11.3 Å². The topological polar surface area (TPSA) is 80.5 Å². The van der Waals surface area contributed by atoms with Crippen molar-refractivity contribution in [1.29, 1.82) is 0 Å². The molecule has 3 N–H and O–H groups in total. The standard InChI is InChI=1S/C24H28N4O2S/c1-14-6-8-18-21(25)22(31-24(18)26-14)23(29)27-19-13-30-20-12-16(7-9-17(20)15(19)2)28-10-4-3-5-11-28/h6-9,12,15,19H,3-5,10-11,13,25H2,1-2H3,(H,27,29)/t15-,19-/m0/s1. The number of aromatic nitrogens is 1. The number of ether oxygens (including phenoxy) is 1. The van der Waals surface area contributed by atoms with Gasteiger partial charge in [0.05, 0.1) is 11.7 Å². The summed E-state index contributed by atoms with van der Waals surface area (Å²) in [6.45, 7) is 6.75. The van der Waals surface area contributed by atoms with Crippen LogP contribution in [-0.4, -0.2) is 36.6 Å². The summed E-state index contributed by atoms with van der Waals surface area (Å²) in [7, 11) is 0. The van der Waals surface area contributed by atoms with Gasteiger partial charge in [0.15, 0.2) is 0 Å². The normalized spacial score (nSPS) is 20.9. The number of nitrogen functional groups attached to an aromatic ring is 1. The highest BCUT2D eigenvalue weighted by Gasteiger charge is 2.31. The van der Waals surface area contributed by atoms with E-state index in [1.807, 2.05) is 19.1 Å². The third kappa shape index (κ3) is 3.71. The van der Waals surface area contributed by atoms with E-state index in [1.165, 1.54) is 36.3 Å². The Bertz CT molecular complexity index is 1140. The first-order valence-electron chi connectivity index (χ1n) is 11.0. The maximum Gasteiger partial charge on any atom is 0.263 e. The van der Waals surface area contributed by atoms with E-state index >= 15 is 0 Å². The fourth-order valence-corrected chi connectivity index (χ4v) is 5.62. The first-order valence-corrected chi connectivity index (χ1v) is 11.8. The minimum atomic E-state index is -0.160. The smallest absolute Gasteiger partial charge is 0.263 e. The number of thiophene rings is 1. The van der Waals surface area contributed by atoms with Gasteiger partial charge in [0.2, 0.25) is 0 Å². The Kier molecular flexibility index (Phi) is 5.22. The first-order chi connectivity index (χ1) is 15.0. The molecule has 31 heavy (non-hydrogen) atoms. The van der Waals surface area contributed by atoms with Crippen molar-refractivity contribution in [3.63, 3.8) is 0 Å². The van der Waals surface area contributed by atoms with Crippen molar-refractivity contribution in [3.8, 4) is 5.75 Å². The van der Waals surface area contributed by atoms with Crippen LogP contribution in [0.5, 0.6) is 5.75 Å². The number of aryl methyl sites for hydroxylation is 1. The summed E-state index contributed by atoms with van der Waals surface area (Å²) >= 11 is 1.34. The number of amides is 1. The summed E-state index contributed by atoms with van der Waals surface area (Å²) < 4.78 is 6.10. The van der Waals surface area contributed by atoms with Crippen molar-refractivity contribution < 1.29 is 9.53 Å². The van der Waals surface area contributed by atoms with E-state index in [4.69, 9.17) is 10.5 Å². The summed E-state index contributed by atoms with van der Waals surface area (Å²) in [6, 6.07) is 10.2. The molecule has 0 bridgehead atoms. The van der Waals surface area contributed by atoms with Crippen molar-refractivity contribution in [2.75, 3.05) is 30.3 Å². The maximum absolute atomic E-state index is 13.0. The molecule has 2 atom stereocenters. The largest absolute Gasteiger partial charge is 0.491 e. The average molecular weight is 437 g/mol. The molecule has 0 radical (unpaired) electrons. The first kappa shape index (κ1) is 20.1. The molecule has 2 aliphatic heterocycles. The molecule has 0 saturated carbocycles. The number of pyridine rings is 1. The van der Waals surface area contributed by atoms with E-state index < -0.39 is 0 Å². The molecule has 2 aliphatic rings. The molecule has 3 aromatic rings. The van der Waals surface area contributed by atoms with Crippen molar-refractivity contribution in [3.05, 3.63) is 46.5 Å². The minimum Gasteiger partial charge on any atom is -0.491 e. The number of fused-ring (bicyclic) bond motifs is 2. The summed E-state index contributed by atoms with van der Waals surface area (Å²) in [5.74, 6) is 0.924. The van der Waals surface area contributed by atoms with E-state index in [9.17, 15) is 4.79 Å².